The molecule has 7 rings (SSSR count). The molecule has 7 amide bonds. The molecule has 3 aromatic rings. The van der Waals surface area contributed by atoms with E-state index in [9.17, 15) is 79.5 Å². The van der Waals surface area contributed by atoms with Gasteiger partial charge in [0.2, 0.25) is 29.5 Å². The Hall–Kier alpha value is -7.19. The fourth-order valence-corrected chi connectivity index (χ4v) is 13.0. The van der Waals surface area contributed by atoms with E-state index in [1.807, 2.05) is 0 Å². The van der Waals surface area contributed by atoms with Gasteiger partial charge in [-0.3, -0.25) is 38.5 Å². The maximum atomic E-state index is 14.1. The second-order valence-electron chi connectivity index (χ2n) is 28.4. The maximum Gasteiger partial charge on any atom is 0.253 e. The Kier molecular flexibility index (Phi) is 45.3. The highest BCUT2D eigenvalue weighted by Crippen LogP contribution is 2.29. The van der Waals surface area contributed by atoms with E-state index >= 15 is 0 Å². The van der Waals surface area contributed by atoms with Crippen LogP contribution in [-0.2, 0) is 110 Å². The van der Waals surface area contributed by atoms with Crippen LogP contribution in [0.4, 0.5) is 0 Å². The van der Waals surface area contributed by atoms with Gasteiger partial charge in [0.15, 0.2) is 0 Å². The number of rotatable bonds is 63. The smallest absolute Gasteiger partial charge is 0.253 e. The zero-order valence-corrected chi connectivity index (χ0v) is 65.9. The van der Waals surface area contributed by atoms with Crippen molar-refractivity contribution < 1.29 is 136 Å². The maximum absolute atomic E-state index is 14.1. The summed E-state index contributed by atoms with van der Waals surface area (Å²) in [6.45, 7) is 2.86. The van der Waals surface area contributed by atoms with Crippen LogP contribution in [0.3, 0.4) is 0 Å². The minimum atomic E-state index is -1.30. The fourth-order valence-electron chi connectivity index (χ4n) is 13.0. The molecule has 656 valence electrons. The third kappa shape index (κ3) is 34.6. The predicted octanol–water partition coefficient (Wildman–Crippen LogP) is -5.04. The van der Waals surface area contributed by atoms with Gasteiger partial charge in [-0.25, -0.2) is 14.0 Å². The van der Waals surface area contributed by atoms with Gasteiger partial charge in [0.1, 0.15) is 90.1 Å². The molecule has 0 aromatic carbocycles. The molecule has 4 aliphatic heterocycles. The lowest BCUT2D eigenvalue weighted by molar-refractivity contribution is -0.171. The van der Waals surface area contributed by atoms with Gasteiger partial charge in [0.05, 0.1) is 177 Å². The molecule has 12 atom stereocenters. The number of carbonyl (C=O) groups excluding carboxylic acids is 7. The number of amides is 7. The predicted molar refractivity (Wildman–Crippen MR) is 400 cm³/mol. The van der Waals surface area contributed by atoms with E-state index in [1.165, 1.54) is 26.2 Å². The molecule has 0 unspecified atom stereocenters. The second-order valence-corrected chi connectivity index (χ2v) is 28.4. The number of nitrogens with zero attached hydrogens (tertiary/aromatic N) is 10. The Labute approximate surface area is 672 Å². The number of aliphatic hydroxyl groups excluding tert-OH is 9. The van der Waals surface area contributed by atoms with Crippen LogP contribution in [0.2, 0.25) is 0 Å². The van der Waals surface area contributed by atoms with Crippen LogP contribution >= 0.6 is 0 Å². The van der Waals surface area contributed by atoms with E-state index in [-0.39, 0.29) is 246 Å². The van der Waals surface area contributed by atoms with E-state index in [4.69, 9.17) is 56.8 Å². The molecule has 0 aliphatic carbocycles. The van der Waals surface area contributed by atoms with Gasteiger partial charge in [-0.15, -0.1) is 15.3 Å². The summed E-state index contributed by atoms with van der Waals surface area (Å²) in [7, 11) is 0. The van der Waals surface area contributed by atoms with E-state index in [0.717, 1.165) is 43.4 Å². The van der Waals surface area contributed by atoms with Gasteiger partial charge >= 0.3 is 0 Å². The van der Waals surface area contributed by atoms with Crippen molar-refractivity contribution in [3.8, 4) is 0 Å². The summed E-state index contributed by atoms with van der Waals surface area (Å²) in [5.41, 5.74) is 0.219. The normalized spacial score (nSPS) is 22.3. The number of unbranched alkanes of at least 4 members (excludes halogenated alkanes) is 7. The lowest BCUT2D eigenvalue weighted by Gasteiger charge is -2.36. The lowest BCUT2D eigenvalue weighted by atomic mass is 9.82. The minimum absolute atomic E-state index is 0.0193. The van der Waals surface area contributed by atoms with Gasteiger partial charge < -0.3 is 129 Å². The van der Waals surface area contributed by atoms with Gasteiger partial charge in [0, 0.05) is 82.5 Å². The lowest BCUT2D eigenvalue weighted by Crippen LogP contribution is -2.52. The molecule has 0 spiro atoms. The molecular weight excluding hydrogens is 1530 g/mol. The van der Waals surface area contributed by atoms with Crippen LogP contribution in [0, 0.1) is 0 Å². The number of nitrogens with one attached hydrogen (secondary N) is 5. The summed E-state index contributed by atoms with van der Waals surface area (Å²) in [6, 6.07) is -2.11. The molecule has 0 radical (unpaired) electrons. The molecule has 7 heterocycles. The summed E-state index contributed by atoms with van der Waals surface area (Å²) in [4.78, 5) is 92.0. The Morgan fingerprint density at radius 3 is 0.991 bits per heavy atom. The summed E-state index contributed by atoms with van der Waals surface area (Å²) >= 11 is 0. The molecule has 4 aliphatic rings. The molecule has 0 saturated carbocycles. The highest BCUT2D eigenvalue weighted by atomic mass is 16.6. The molecular formula is C73H121N15O28. The number of aromatic nitrogens is 9. The van der Waals surface area contributed by atoms with Gasteiger partial charge in [0.25, 0.3) is 11.8 Å². The summed E-state index contributed by atoms with van der Waals surface area (Å²) in [5.74, 6) is -2.32. The standard InChI is InChI=1S/C73H121N15O28/c89-42-57-70(102)67(99)54(48-114-57)86-39-51(79-82-86)45-111-36-33-108-30-27-105-24-20-75-61(93)13-16-73(78-64(96)10-8-6-4-2-1-3-5-7-9-60(92)74-19-23-85-65(97)11-12-66(85)98,17-14-62(94)76-21-25-106-28-31-109-34-37-112-46-52-40-87(83-80-52)55-49-115-58(43-90)71(103)68(55)100)18-15-63(95)77-22-26-107-29-32-110-35-38-113-47-53-41-88(84-81-53)56-50-116-59(44-91)72(104)69(56)101/h11-12,39-41,54-59,67-72,89-91,99-104H,1-10,13-38,42-50H2,(H,74,92)(H,75,93)(H,76,94)(H,77,95)(H,78,96)/t54-,55-,56-,57+,58+,59+,67+,68+,69+,70-,71-,72-/m0/s1. The quantitative estimate of drug-likeness (QED) is 0.0186. The van der Waals surface area contributed by atoms with Crippen molar-refractivity contribution in [1.29, 1.82) is 0 Å². The Morgan fingerprint density at radius 2 is 0.664 bits per heavy atom. The van der Waals surface area contributed by atoms with Gasteiger partial charge in [-0.2, -0.15) is 0 Å². The third-order valence-corrected chi connectivity index (χ3v) is 19.8. The molecule has 3 aromatic heterocycles. The van der Waals surface area contributed by atoms with Gasteiger partial charge in [-0.1, -0.05) is 54.2 Å². The van der Waals surface area contributed by atoms with Crippen molar-refractivity contribution in [2.45, 2.75) is 201 Å². The SMILES string of the molecule is O=C(CCCCCCCCCCC(=O)NC(CCC(=O)NCCOCCOCCOCc1cn([C@H]2CO[C@H](CO)[C@H](O)[C@@H]2O)nn1)(CCC(=O)NCCOCCOCCOCc1cn([C@H]2CO[C@H](CO)[C@H](O)[C@@H]2O)nn1)CCC(=O)NCCOCCOCCOCc1cn([C@H]2CO[C@H](CO)[C@H](O)[C@@H]2O)nn1)NCCN1C(=O)C=CC1=O. The summed E-state index contributed by atoms with van der Waals surface area (Å²) in [6.07, 6.45) is 3.74. The monoisotopic (exact) mass is 1660 g/mol. The van der Waals surface area contributed by atoms with Gasteiger partial charge in [-0.05, 0) is 32.1 Å². The zero-order chi connectivity index (χ0) is 83.1. The largest absolute Gasteiger partial charge is 0.394 e. The van der Waals surface area contributed by atoms with E-state index in [1.54, 1.807) is 18.6 Å². The van der Waals surface area contributed by atoms with Crippen LogP contribution in [0.25, 0.3) is 0 Å². The van der Waals surface area contributed by atoms with E-state index in [0.29, 0.717) is 36.3 Å². The molecule has 14 N–H and O–H groups in total. The number of hydrogen-bond donors (Lipinski definition) is 14. The molecule has 43 nitrogen and oxygen atoms in total. The number of carbonyl (C=O) groups is 7. The molecule has 3 saturated heterocycles. The first-order valence-corrected chi connectivity index (χ1v) is 39.9. The fraction of sp³-hybridized carbons (Fsp3) is 0.795. The summed E-state index contributed by atoms with van der Waals surface area (Å²) in [5, 5.41) is 129. The molecule has 3 fully saturated rings. The van der Waals surface area contributed by atoms with Crippen LogP contribution in [0.1, 0.15) is 138 Å². The highest BCUT2D eigenvalue weighted by molar-refractivity contribution is 6.12. The van der Waals surface area contributed by atoms with Crippen LogP contribution < -0.4 is 26.6 Å². The Bertz CT molecular complexity index is 3060. The number of hydrogen-bond acceptors (Lipinski definition) is 34. The van der Waals surface area contributed by atoms with Crippen molar-refractivity contribution >= 4 is 41.4 Å². The molecule has 43 heteroatoms. The van der Waals surface area contributed by atoms with Crippen LogP contribution in [-0.4, -0.2) is 369 Å². The van der Waals surface area contributed by atoms with E-state index in [2.05, 4.69) is 57.5 Å². The first-order chi connectivity index (χ1) is 56.3. The topological polar surface area (TPSA) is 568 Å². The van der Waals surface area contributed by atoms with Crippen LogP contribution in [0.15, 0.2) is 30.7 Å². The second kappa shape index (κ2) is 54.8. The average Bonchev–Trinajstić information content (AvgIpc) is 1.48. The summed E-state index contributed by atoms with van der Waals surface area (Å²) < 4.78 is 71.4. The first-order valence-electron chi connectivity index (χ1n) is 39.9. The van der Waals surface area contributed by atoms with Crippen molar-refractivity contribution in [2.75, 3.05) is 171 Å². The van der Waals surface area contributed by atoms with Crippen molar-refractivity contribution in [1.82, 2.24) is 76.5 Å². The first kappa shape index (κ1) is 95.9. The third-order valence-electron chi connectivity index (χ3n) is 19.8. The Morgan fingerprint density at radius 1 is 0.379 bits per heavy atom. The Balaban J connectivity index is 0.835. The number of imide groups is 1. The van der Waals surface area contributed by atoms with Crippen LogP contribution in [0.5, 0.6) is 0 Å². The van der Waals surface area contributed by atoms with Crippen molar-refractivity contribution in [3.05, 3.63) is 47.8 Å². The average molecular weight is 1660 g/mol. The highest BCUT2D eigenvalue weighted by Gasteiger charge is 2.43. The zero-order valence-electron chi connectivity index (χ0n) is 65.9. The molecule has 0 bridgehead atoms. The minimum Gasteiger partial charge on any atom is -0.394 e. The number of ether oxygens (including phenoxy) is 12. The number of aliphatic hydroxyl groups is 9. The molecule has 116 heavy (non-hydrogen) atoms. The van der Waals surface area contributed by atoms with Crippen molar-refractivity contribution in [3.63, 3.8) is 0 Å². The van der Waals surface area contributed by atoms with E-state index < -0.39 is 110 Å². The van der Waals surface area contributed by atoms with Crippen molar-refractivity contribution in [2.24, 2.45) is 0 Å².